The lowest BCUT2D eigenvalue weighted by Gasteiger charge is -2.34. The first-order chi connectivity index (χ1) is 7.08. The summed E-state index contributed by atoms with van der Waals surface area (Å²) in [7, 11) is 0. The molecule has 0 amide bonds. The number of nitriles is 1. The zero-order valence-electron chi connectivity index (χ0n) is 10.8. The molecule has 3 atom stereocenters. The molecule has 1 fully saturated rings. The van der Waals surface area contributed by atoms with Gasteiger partial charge in [-0.25, -0.2) is 0 Å². The van der Waals surface area contributed by atoms with Gasteiger partial charge in [0, 0.05) is 11.3 Å². The van der Waals surface area contributed by atoms with E-state index in [0.29, 0.717) is 12.8 Å². The predicted octanol–water partition coefficient (Wildman–Crippen LogP) is 2.29. The van der Waals surface area contributed by atoms with Crippen LogP contribution in [-0.4, -0.2) is 16.5 Å². The van der Waals surface area contributed by atoms with Gasteiger partial charge in [-0.05, 0) is 19.8 Å². The van der Waals surface area contributed by atoms with E-state index in [1.165, 1.54) is 0 Å². The summed E-state index contributed by atoms with van der Waals surface area (Å²) in [5.74, 6) is -0.357. The topological polar surface area (TPSA) is 61.1 Å². The Hall–Kier alpha value is -0.880. The van der Waals surface area contributed by atoms with Crippen molar-refractivity contribution in [3.8, 4) is 6.07 Å². The van der Waals surface area contributed by atoms with Crippen LogP contribution in [0.5, 0.6) is 0 Å². The van der Waals surface area contributed by atoms with Crippen molar-refractivity contribution >= 4 is 5.78 Å². The molecule has 0 aromatic rings. The van der Waals surface area contributed by atoms with Crippen LogP contribution >= 0.6 is 0 Å². The molecule has 0 saturated heterocycles. The highest BCUT2D eigenvalue weighted by atomic mass is 16.3. The molecule has 0 heterocycles. The number of carbonyl (C=O) groups excluding carboxylic acids is 1. The normalized spacial score (nSPS) is 39.4. The van der Waals surface area contributed by atoms with Crippen LogP contribution in [0.4, 0.5) is 0 Å². The second-order valence-electron chi connectivity index (χ2n) is 6.24. The molecule has 0 aromatic carbocycles. The Balaban J connectivity index is 3.18. The second-order valence-corrected chi connectivity index (χ2v) is 6.24. The van der Waals surface area contributed by atoms with Gasteiger partial charge < -0.3 is 5.11 Å². The average Bonchev–Trinajstić information content (AvgIpc) is 2.38. The molecule has 0 radical (unpaired) electrons. The van der Waals surface area contributed by atoms with Crippen LogP contribution in [0.25, 0.3) is 0 Å². The molecule has 90 valence electrons. The van der Waals surface area contributed by atoms with Crippen LogP contribution in [0.15, 0.2) is 0 Å². The molecule has 1 N–H and O–H groups in total. The Morgan fingerprint density at radius 1 is 1.44 bits per heavy atom. The molecule has 1 aliphatic carbocycles. The fourth-order valence-corrected chi connectivity index (χ4v) is 2.60. The molecule has 1 rings (SSSR count). The van der Waals surface area contributed by atoms with E-state index in [4.69, 9.17) is 0 Å². The highest BCUT2D eigenvalue weighted by molar-refractivity contribution is 5.92. The molecule has 1 saturated carbocycles. The Labute approximate surface area is 97.5 Å². The Kier molecular flexibility index (Phi) is 2.94. The van der Waals surface area contributed by atoms with Gasteiger partial charge in [-0.3, -0.25) is 4.79 Å². The Bertz CT molecular complexity index is 346. The molecule has 0 bridgehead atoms. The molecule has 0 spiro atoms. The van der Waals surface area contributed by atoms with Gasteiger partial charge in [0.25, 0.3) is 0 Å². The van der Waals surface area contributed by atoms with E-state index >= 15 is 0 Å². The minimum Gasteiger partial charge on any atom is -0.390 e. The smallest absolute Gasteiger partial charge is 0.158 e. The molecular weight excluding hydrogens is 202 g/mol. The molecule has 1 aliphatic rings. The quantitative estimate of drug-likeness (QED) is 0.742. The fraction of sp³-hybridized carbons (Fsp3) is 0.846. The average molecular weight is 223 g/mol. The van der Waals surface area contributed by atoms with Crippen molar-refractivity contribution in [1.82, 2.24) is 0 Å². The third kappa shape index (κ3) is 1.76. The van der Waals surface area contributed by atoms with Crippen molar-refractivity contribution in [2.24, 2.45) is 16.7 Å². The summed E-state index contributed by atoms with van der Waals surface area (Å²) in [6.07, 6.45) is 0.983. The zero-order valence-corrected chi connectivity index (χ0v) is 10.8. The molecule has 3 heteroatoms. The van der Waals surface area contributed by atoms with E-state index in [9.17, 15) is 15.2 Å². The number of aliphatic hydroxyl groups is 1. The van der Waals surface area contributed by atoms with Gasteiger partial charge in [0.1, 0.15) is 5.41 Å². The van der Waals surface area contributed by atoms with E-state index in [0.717, 1.165) is 0 Å². The van der Waals surface area contributed by atoms with E-state index in [1.807, 2.05) is 20.8 Å². The van der Waals surface area contributed by atoms with Crippen LogP contribution in [0.3, 0.4) is 0 Å². The molecule has 3 nitrogen and oxygen atoms in total. The first-order valence-electron chi connectivity index (χ1n) is 5.76. The number of carbonyl (C=O) groups is 1. The van der Waals surface area contributed by atoms with Crippen molar-refractivity contribution in [2.45, 2.75) is 53.1 Å². The first-order valence-corrected chi connectivity index (χ1v) is 5.76. The lowest BCUT2D eigenvalue weighted by atomic mass is 9.66. The summed E-state index contributed by atoms with van der Waals surface area (Å²) < 4.78 is 0. The summed E-state index contributed by atoms with van der Waals surface area (Å²) in [6.45, 7) is 9.00. The SMILES string of the molecule is C[C@H]1[C@](C#N)(C(=O)C(C)(C)C)CC[C@@]1(C)O. The van der Waals surface area contributed by atoms with Gasteiger partial charge in [0.05, 0.1) is 11.7 Å². The van der Waals surface area contributed by atoms with E-state index < -0.39 is 16.4 Å². The maximum absolute atomic E-state index is 12.4. The minimum absolute atomic E-state index is 0.0484. The van der Waals surface area contributed by atoms with Crippen LogP contribution in [0, 0.1) is 28.1 Å². The van der Waals surface area contributed by atoms with Gasteiger partial charge in [0.15, 0.2) is 5.78 Å². The number of hydrogen-bond acceptors (Lipinski definition) is 3. The summed E-state index contributed by atoms with van der Waals surface area (Å²) in [4.78, 5) is 12.4. The van der Waals surface area contributed by atoms with E-state index in [-0.39, 0.29) is 11.7 Å². The summed E-state index contributed by atoms with van der Waals surface area (Å²) in [5, 5.41) is 19.5. The van der Waals surface area contributed by atoms with Gasteiger partial charge >= 0.3 is 0 Å². The van der Waals surface area contributed by atoms with Crippen LogP contribution in [0.1, 0.15) is 47.5 Å². The summed E-state index contributed by atoms with van der Waals surface area (Å²) >= 11 is 0. The van der Waals surface area contributed by atoms with E-state index in [2.05, 4.69) is 6.07 Å². The fourth-order valence-electron chi connectivity index (χ4n) is 2.60. The standard InChI is InChI=1S/C13H21NO2/c1-9-12(5,16)6-7-13(9,8-14)10(15)11(2,3)4/h9,16H,6-7H2,1-5H3/t9-,12-,13+/m1/s1. The van der Waals surface area contributed by atoms with Gasteiger partial charge in [-0.1, -0.05) is 27.7 Å². The van der Waals surface area contributed by atoms with Crippen molar-refractivity contribution in [3.63, 3.8) is 0 Å². The van der Waals surface area contributed by atoms with Crippen LogP contribution in [-0.2, 0) is 4.79 Å². The molecule has 16 heavy (non-hydrogen) atoms. The number of hydrogen-bond donors (Lipinski definition) is 1. The molecule has 0 aromatic heterocycles. The highest BCUT2D eigenvalue weighted by Crippen LogP contribution is 2.51. The molecule has 0 aliphatic heterocycles. The highest BCUT2D eigenvalue weighted by Gasteiger charge is 2.58. The molecule has 0 unspecified atom stereocenters. The maximum Gasteiger partial charge on any atom is 0.158 e. The summed E-state index contributed by atoms with van der Waals surface area (Å²) in [6, 6.07) is 2.18. The van der Waals surface area contributed by atoms with Crippen molar-refractivity contribution in [2.75, 3.05) is 0 Å². The Morgan fingerprint density at radius 3 is 2.19 bits per heavy atom. The number of rotatable bonds is 1. The molecular formula is C13H21NO2. The van der Waals surface area contributed by atoms with Crippen LogP contribution < -0.4 is 0 Å². The van der Waals surface area contributed by atoms with Gasteiger partial charge in [-0.2, -0.15) is 5.26 Å². The van der Waals surface area contributed by atoms with E-state index in [1.54, 1.807) is 13.8 Å². The number of Topliss-reactive ketones (excluding diaryl/α,β-unsaturated/α-hetero) is 1. The number of ketones is 1. The van der Waals surface area contributed by atoms with Gasteiger partial charge in [0.2, 0.25) is 0 Å². The van der Waals surface area contributed by atoms with Gasteiger partial charge in [-0.15, -0.1) is 0 Å². The third-order valence-electron chi connectivity index (χ3n) is 3.98. The lowest BCUT2D eigenvalue weighted by Crippen LogP contribution is -2.44. The number of nitrogens with zero attached hydrogens (tertiary/aromatic N) is 1. The Morgan fingerprint density at radius 2 is 1.94 bits per heavy atom. The minimum atomic E-state index is -1.01. The lowest BCUT2D eigenvalue weighted by molar-refractivity contribution is -0.137. The maximum atomic E-state index is 12.4. The predicted molar refractivity (Wildman–Crippen MR) is 61.5 cm³/mol. The van der Waals surface area contributed by atoms with Crippen LogP contribution in [0.2, 0.25) is 0 Å². The van der Waals surface area contributed by atoms with Crippen molar-refractivity contribution in [3.05, 3.63) is 0 Å². The third-order valence-corrected chi connectivity index (χ3v) is 3.98. The van der Waals surface area contributed by atoms with Crippen molar-refractivity contribution < 1.29 is 9.90 Å². The summed E-state index contributed by atoms with van der Waals surface area (Å²) in [5.41, 5.74) is -2.46. The zero-order chi connectivity index (χ0) is 12.8. The first kappa shape index (κ1) is 13.2. The second kappa shape index (κ2) is 3.56. The van der Waals surface area contributed by atoms with Crippen molar-refractivity contribution in [1.29, 1.82) is 5.26 Å². The monoisotopic (exact) mass is 223 g/mol. The largest absolute Gasteiger partial charge is 0.390 e.